The predicted octanol–water partition coefficient (Wildman–Crippen LogP) is 0.651. The number of fused-ring (bicyclic) bond motifs is 1. The van der Waals surface area contributed by atoms with Gasteiger partial charge in [0.25, 0.3) is 5.69 Å². The van der Waals surface area contributed by atoms with Crippen LogP contribution in [0.1, 0.15) is 13.8 Å². The molecule has 1 heterocycles. The monoisotopic (exact) mass is 234 g/mol. The molecule has 1 aromatic carbocycles. The highest BCUT2D eigenvalue weighted by atomic mass is 16.6. The second-order valence-corrected chi connectivity index (χ2v) is 3.69. The molecule has 17 heavy (non-hydrogen) atoms. The van der Waals surface area contributed by atoms with E-state index in [0.29, 0.717) is 10.7 Å². The number of anilines is 1. The first kappa shape index (κ1) is 11.5. The van der Waals surface area contributed by atoms with Crippen LogP contribution in [0.2, 0.25) is 0 Å². The van der Waals surface area contributed by atoms with Gasteiger partial charge in [-0.1, -0.05) is 0 Å². The van der Waals surface area contributed by atoms with Gasteiger partial charge in [0.05, 0.1) is 10.6 Å². The average molecular weight is 234 g/mol. The van der Waals surface area contributed by atoms with Crippen molar-refractivity contribution in [3.05, 3.63) is 33.0 Å². The number of hydrogen-bond acceptors (Lipinski definition) is 5. The van der Waals surface area contributed by atoms with Gasteiger partial charge >= 0.3 is 0 Å². The van der Waals surface area contributed by atoms with Crippen LogP contribution in [0.4, 0.5) is 11.4 Å². The van der Waals surface area contributed by atoms with Crippen molar-refractivity contribution < 1.29 is 4.92 Å². The molecule has 0 radical (unpaired) electrons. The molecule has 1 aliphatic heterocycles. The fraction of sp³-hybridized carbons (Fsp3) is 0.455. The summed E-state index contributed by atoms with van der Waals surface area (Å²) in [7, 11) is 0. The van der Waals surface area contributed by atoms with Crippen molar-refractivity contribution in [3.8, 4) is 0 Å². The van der Waals surface area contributed by atoms with Crippen LogP contribution >= 0.6 is 0 Å². The summed E-state index contributed by atoms with van der Waals surface area (Å²) in [5.74, 6) is 0. The molecule has 6 heteroatoms. The van der Waals surface area contributed by atoms with Crippen molar-refractivity contribution >= 4 is 11.4 Å². The first-order chi connectivity index (χ1) is 8.19. The van der Waals surface area contributed by atoms with Crippen LogP contribution in [0, 0.1) is 10.1 Å². The molecule has 1 aromatic rings. The lowest BCUT2D eigenvalue weighted by Crippen LogP contribution is -2.34. The fourth-order valence-corrected chi connectivity index (χ4v) is 2.01. The van der Waals surface area contributed by atoms with E-state index in [1.165, 1.54) is 6.07 Å². The third kappa shape index (κ3) is 1.86. The third-order valence-electron chi connectivity index (χ3n) is 2.87. The molecule has 0 amide bonds. The molecule has 90 valence electrons. The van der Waals surface area contributed by atoms with Crippen molar-refractivity contribution in [1.29, 1.82) is 0 Å². The third-order valence-corrected chi connectivity index (χ3v) is 2.87. The predicted molar refractivity (Wildman–Crippen MR) is 63.8 cm³/mol. The van der Waals surface area contributed by atoms with Crippen molar-refractivity contribution in [2.75, 3.05) is 24.7 Å². The van der Waals surface area contributed by atoms with Gasteiger partial charge in [-0.3, -0.25) is 20.1 Å². The van der Waals surface area contributed by atoms with Crippen LogP contribution in [-0.4, -0.2) is 24.7 Å². The summed E-state index contributed by atoms with van der Waals surface area (Å²) in [6.07, 6.45) is 0. The van der Waals surface area contributed by atoms with Crippen LogP contribution < -0.4 is 15.6 Å². The van der Waals surface area contributed by atoms with Gasteiger partial charge in [-0.2, -0.15) is 0 Å². The zero-order chi connectivity index (χ0) is 12.4. The Morgan fingerprint density at radius 1 is 1.29 bits per heavy atom. The largest absolute Gasteiger partial charge is 0.370 e. The summed E-state index contributed by atoms with van der Waals surface area (Å²) in [6, 6.07) is 3.27. The van der Waals surface area contributed by atoms with Crippen molar-refractivity contribution in [3.63, 3.8) is 0 Å². The SMILES string of the molecule is CCN(CC)c1ccc([N+](=O)[O-])c2c1=NCN=2. The minimum atomic E-state index is -0.408. The van der Waals surface area contributed by atoms with Crippen molar-refractivity contribution in [1.82, 2.24) is 0 Å². The lowest BCUT2D eigenvalue weighted by Gasteiger charge is -2.20. The Bertz CT molecular complexity index is 564. The first-order valence-electron chi connectivity index (χ1n) is 5.60. The van der Waals surface area contributed by atoms with E-state index in [-0.39, 0.29) is 12.4 Å². The maximum Gasteiger partial charge on any atom is 0.296 e. The second-order valence-electron chi connectivity index (χ2n) is 3.69. The molecule has 0 unspecified atom stereocenters. The summed E-state index contributed by atoms with van der Waals surface area (Å²) in [5.41, 5.74) is 0.967. The van der Waals surface area contributed by atoms with E-state index in [9.17, 15) is 10.1 Å². The lowest BCUT2D eigenvalue weighted by molar-refractivity contribution is -0.386. The number of non-ortho nitro benzene ring substituents is 1. The van der Waals surface area contributed by atoms with E-state index in [2.05, 4.69) is 14.9 Å². The molecule has 0 atom stereocenters. The van der Waals surface area contributed by atoms with Crippen LogP contribution in [0.25, 0.3) is 0 Å². The maximum atomic E-state index is 10.9. The summed E-state index contributed by atoms with van der Waals surface area (Å²) in [4.78, 5) is 20.9. The topological polar surface area (TPSA) is 71.1 Å². The molecule has 0 saturated heterocycles. The standard InChI is InChI=1S/C11H14N4O2/c1-3-14(4-2)8-5-6-9(15(16)17)11-10(8)12-7-13-11/h5-6H,3-4,7H2,1-2H3. The van der Waals surface area contributed by atoms with E-state index in [1.54, 1.807) is 6.07 Å². The van der Waals surface area contributed by atoms with Gasteiger partial charge in [0.2, 0.25) is 0 Å². The molecule has 0 fully saturated rings. The molecular weight excluding hydrogens is 220 g/mol. The van der Waals surface area contributed by atoms with Crippen molar-refractivity contribution in [2.24, 2.45) is 9.98 Å². The van der Waals surface area contributed by atoms with E-state index in [4.69, 9.17) is 0 Å². The molecule has 6 nitrogen and oxygen atoms in total. The normalized spacial score (nSPS) is 12.6. The maximum absolute atomic E-state index is 10.9. The van der Waals surface area contributed by atoms with E-state index >= 15 is 0 Å². The van der Waals surface area contributed by atoms with Gasteiger partial charge in [0.1, 0.15) is 12.0 Å². The molecule has 0 aliphatic carbocycles. The average Bonchev–Trinajstić information content (AvgIpc) is 2.79. The minimum absolute atomic E-state index is 0.0390. The first-order valence-corrected chi connectivity index (χ1v) is 5.60. The van der Waals surface area contributed by atoms with E-state index in [1.807, 2.05) is 13.8 Å². The molecule has 0 spiro atoms. The molecule has 2 rings (SSSR count). The Hall–Kier alpha value is -1.98. The number of nitro benzene ring substituents is 1. The number of rotatable bonds is 4. The fourth-order valence-electron chi connectivity index (χ4n) is 2.01. The number of nitro groups is 1. The zero-order valence-electron chi connectivity index (χ0n) is 9.88. The molecular formula is C11H14N4O2. The minimum Gasteiger partial charge on any atom is -0.370 e. The Labute approximate surface area is 98.5 Å². The van der Waals surface area contributed by atoms with Gasteiger partial charge in [0, 0.05) is 19.2 Å². The Morgan fingerprint density at radius 3 is 2.53 bits per heavy atom. The lowest BCUT2D eigenvalue weighted by atomic mass is 10.2. The van der Waals surface area contributed by atoms with Crippen LogP contribution in [0.15, 0.2) is 22.1 Å². The van der Waals surface area contributed by atoms with Gasteiger partial charge in [0.15, 0.2) is 5.36 Å². The number of benzene rings is 1. The smallest absolute Gasteiger partial charge is 0.296 e. The van der Waals surface area contributed by atoms with E-state index in [0.717, 1.165) is 18.8 Å². The summed E-state index contributed by atoms with van der Waals surface area (Å²) >= 11 is 0. The highest BCUT2D eigenvalue weighted by Gasteiger charge is 2.18. The molecule has 0 aromatic heterocycles. The summed E-state index contributed by atoms with van der Waals surface area (Å²) in [5, 5.41) is 11.9. The quantitative estimate of drug-likeness (QED) is 0.567. The van der Waals surface area contributed by atoms with Crippen LogP contribution in [-0.2, 0) is 0 Å². The van der Waals surface area contributed by atoms with E-state index < -0.39 is 4.92 Å². The number of nitrogens with zero attached hydrogens (tertiary/aromatic N) is 4. The summed E-state index contributed by atoms with van der Waals surface area (Å²) < 4.78 is 0. The molecule has 1 aliphatic rings. The van der Waals surface area contributed by atoms with Gasteiger partial charge in [-0.15, -0.1) is 0 Å². The Kier molecular flexibility index (Phi) is 3.03. The Morgan fingerprint density at radius 2 is 1.94 bits per heavy atom. The Balaban J connectivity index is 2.66. The second kappa shape index (κ2) is 4.48. The van der Waals surface area contributed by atoms with Crippen LogP contribution in [0.5, 0.6) is 0 Å². The summed E-state index contributed by atoms with van der Waals surface area (Å²) in [6.45, 7) is 6.06. The highest BCUT2D eigenvalue weighted by Crippen LogP contribution is 2.11. The molecule has 0 N–H and O–H groups in total. The van der Waals surface area contributed by atoms with Crippen molar-refractivity contribution in [2.45, 2.75) is 13.8 Å². The number of hydrogen-bond donors (Lipinski definition) is 0. The molecule has 0 bridgehead atoms. The van der Waals surface area contributed by atoms with Gasteiger partial charge < -0.3 is 4.90 Å². The van der Waals surface area contributed by atoms with Gasteiger partial charge in [-0.25, -0.2) is 0 Å². The van der Waals surface area contributed by atoms with Crippen LogP contribution in [0.3, 0.4) is 0 Å². The molecule has 0 saturated carbocycles. The highest BCUT2D eigenvalue weighted by molar-refractivity contribution is 5.50. The zero-order valence-corrected chi connectivity index (χ0v) is 9.88. The van der Waals surface area contributed by atoms with Gasteiger partial charge in [-0.05, 0) is 19.9 Å².